The van der Waals surface area contributed by atoms with Crippen LogP contribution in [0.15, 0.2) is 42.5 Å². The first-order valence-corrected chi connectivity index (χ1v) is 7.69. The number of carbonyl (C=O) groups excluding carboxylic acids is 1. The van der Waals surface area contributed by atoms with Crippen molar-refractivity contribution >= 4 is 34.7 Å². The smallest absolute Gasteiger partial charge is 0.319 e. The molecule has 0 radical (unpaired) electrons. The maximum Gasteiger partial charge on any atom is 0.319 e. The van der Waals surface area contributed by atoms with E-state index in [0.29, 0.717) is 6.04 Å². The zero-order chi connectivity index (χ0) is 15.5. The maximum absolute atomic E-state index is 11.7. The molecule has 4 nitrogen and oxygen atoms in total. The van der Waals surface area contributed by atoms with E-state index in [1.54, 1.807) is 0 Å². The number of rotatable bonds is 4. The Balaban J connectivity index is 1.62. The van der Waals surface area contributed by atoms with Gasteiger partial charge in [-0.3, -0.25) is 0 Å². The predicted molar refractivity (Wildman–Crippen MR) is 91.1 cm³/mol. The van der Waals surface area contributed by atoms with E-state index in [4.69, 9.17) is 11.6 Å². The summed E-state index contributed by atoms with van der Waals surface area (Å²) in [4.78, 5) is 11.7. The van der Waals surface area contributed by atoms with Crippen LogP contribution in [0, 0.1) is 6.92 Å². The van der Waals surface area contributed by atoms with Crippen molar-refractivity contribution in [2.75, 3.05) is 10.6 Å². The fourth-order valence-corrected chi connectivity index (χ4v) is 2.37. The Bertz CT molecular complexity index is 681. The molecule has 3 N–H and O–H groups in total. The molecule has 1 aliphatic rings. The van der Waals surface area contributed by atoms with Crippen molar-refractivity contribution < 1.29 is 4.79 Å². The Morgan fingerprint density at radius 2 is 1.77 bits per heavy atom. The van der Waals surface area contributed by atoms with Crippen LogP contribution >= 0.6 is 11.6 Å². The molecular weight excluding hydrogens is 298 g/mol. The minimum Gasteiger partial charge on any atom is -0.355 e. The first-order chi connectivity index (χ1) is 10.6. The average Bonchev–Trinajstić information content (AvgIpc) is 3.28. The predicted octanol–water partition coefficient (Wildman–Crippen LogP) is 4.68. The summed E-state index contributed by atoms with van der Waals surface area (Å²) in [6.45, 7) is 2.01. The van der Waals surface area contributed by atoms with Gasteiger partial charge in [-0.2, -0.15) is 0 Å². The highest BCUT2D eigenvalue weighted by atomic mass is 35.5. The summed E-state index contributed by atoms with van der Waals surface area (Å²) in [7, 11) is 0. The first kappa shape index (κ1) is 14.7. The second-order valence-electron chi connectivity index (χ2n) is 5.53. The molecule has 0 saturated heterocycles. The topological polar surface area (TPSA) is 53.2 Å². The molecule has 2 amide bonds. The van der Waals surface area contributed by atoms with Gasteiger partial charge in [-0.15, -0.1) is 0 Å². The lowest BCUT2D eigenvalue weighted by Crippen LogP contribution is -2.30. The third kappa shape index (κ3) is 3.92. The number of carbonyl (C=O) groups is 1. The van der Waals surface area contributed by atoms with Crippen molar-refractivity contribution in [1.29, 1.82) is 0 Å². The molecule has 2 aromatic rings. The van der Waals surface area contributed by atoms with E-state index in [1.807, 2.05) is 49.4 Å². The van der Waals surface area contributed by atoms with Crippen molar-refractivity contribution in [3.05, 3.63) is 53.1 Å². The van der Waals surface area contributed by atoms with Crippen LogP contribution in [0.2, 0.25) is 5.02 Å². The number of urea groups is 1. The van der Waals surface area contributed by atoms with Crippen molar-refractivity contribution in [3.63, 3.8) is 0 Å². The molecule has 5 heteroatoms. The molecule has 0 bridgehead atoms. The normalized spacial score (nSPS) is 13.5. The summed E-state index contributed by atoms with van der Waals surface area (Å²) in [6.07, 6.45) is 2.16. The number of hydrogen-bond acceptors (Lipinski definition) is 2. The number of amides is 2. The Morgan fingerprint density at radius 1 is 1.09 bits per heavy atom. The van der Waals surface area contributed by atoms with Crippen LogP contribution in [0.25, 0.3) is 0 Å². The van der Waals surface area contributed by atoms with Crippen molar-refractivity contribution in [2.24, 2.45) is 0 Å². The first-order valence-electron chi connectivity index (χ1n) is 7.31. The lowest BCUT2D eigenvalue weighted by molar-refractivity contribution is 0.251. The van der Waals surface area contributed by atoms with Crippen LogP contribution < -0.4 is 16.0 Å². The summed E-state index contributed by atoms with van der Waals surface area (Å²) in [5.41, 5.74) is 3.82. The highest BCUT2D eigenvalue weighted by molar-refractivity contribution is 6.30. The van der Waals surface area contributed by atoms with Crippen molar-refractivity contribution in [2.45, 2.75) is 25.8 Å². The van der Waals surface area contributed by atoms with Crippen LogP contribution in [0.1, 0.15) is 18.4 Å². The van der Waals surface area contributed by atoms with E-state index in [9.17, 15) is 4.79 Å². The van der Waals surface area contributed by atoms with Gasteiger partial charge in [-0.25, -0.2) is 4.79 Å². The highest BCUT2D eigenvalue weighted by Crippen LogP contribution is 2.24. The summed E-state index contributed by atoms with van der Waals surface area (Å²) in [6, 6.07) is 13.6. The Labute approximate surface area is 134 Å². The van der Waals surface area contributed by atoms with Crippen molar-refractivity contribution in [3.8, 4) is 0 Å². The fourth-order valence-electron chi connectivity index (χ4n) is 2.14. The standard InChI is InChI=1S/C17H18ClN3O/c1-11-10-12(18)2-9-16(11)19-13-3-5-14(6-4-13)20-17(22)21-15-7-8-15/h2-6,9-10,15,19H,7-8H2,1H3,(H2,20,21,22). The molecule has 0 aromatic heterocycles. The van der Waals surface area contributed by atoms with E-state index in [1.165, 1.54) is 0 Å². The van der Waals surface area contributed by atoms with Crippen LogP contribution in [-0.2, 0) is 0 Å². The van der Waals surface area contributed by atoms with Gasteiger partial charge in [0.2, 0.25) is 0 Å². The lowest BCUT2D eigenvalue weighted by atomic mass is 10.2. The monoisotopic (exact) mass is 315 g/mol. The second-order valence-corrected chi connectivity index (χ2v) is 5.97. The van der Waals surface area contributed by atoms with E-state index >= 15 is 0 Å². The minimum absolute atomic E-state index is 0.142. The quantitative estimate of drug-likeness (QED) is 0.767. The van der Waals surface area contributed by atoms with Crippen LogP contribution in [0.5, 0.6) is 0 Å². The van der Waals surface area contributed by atoms with E-state index in [0.717, 1.165) is 40.5 Å². The van der Waals surface area contributed by atoms with Gasteiger partial charge in [-0.1, -0.05) is 11.6 Å². The molecule has 3 rings (SSSR count). The third-order valence-electron chi connectivity index (χ3n) is 3.52. The van der Waals surface area contributed by atoms with Crippen LogP contribution in [0.4, 0.5) is 21.9 Å². The van der Waals surface area contributed by atoms with E-state index in [2.05, 4.69) is 16.0 Å². The zero-order valence-electron chi connectivity index (χ0n) is 12.3. The number of benzene rings is 2. The highest BCUT2D eigenvalue weighted by Gasteiger charge is 2.23. The lowest BCUT2D eigenvalue weighted by Gasteiger charge is -2.11. The summed E-state index contributed by atoms with van der Waals surface area (Å²) in [5.74, 6) is 0. The van der Waals surface area contributed by atoms with Gasteiger partial charge >= 0.3 is 6.03 Å². The minimum atomic E-state index is -0.142. The molecule has 0 atom stereocenters. The molecule has 0 unspecified atom stereocenters. The molecule has 1 saturated carbocycles. The number of nitrogens with one attached hydrogen (secondary N) is 3. The molecule has 1 fully saturated rings. The number of anilines is 3. The Hall–Kier alpha value is -2.20. The van der Waals surface area contributed by atoms with E-state index < -0.39 is 0 Å². The van der Waals surface area contributed by atoms with Gasteiger partial charge in [0.1, 0.15) is 0 Å². The fraction of sp³-hybridized carbons (Fsp3) is 0.235. The summed E-state index contributed by atoms with van der Waals surface area (Å²) < 4.78 is 0. The van der Waals surface area contributed by atoms with Gasteiger partial charge in [0.25, 0.3) is 0 Å². The summed E-state index contributed by atoms with van der Waals surface area (Å²) >= 11 is 5.96. The number of halogens is 1. The third-order valence-corrected chi connectivity index (χ3v) is 3.76. The largest absolute Gasteiger partial charge is 0.355 e. The van der Waals surface area contributed by atoms with Gasteiger partial charge in [0, 0.05) is 28.1 Å². The molecule has 114 valence electrons. The molecule has 2 aromatic carbocycles. The molecule has 0 heterocycles. The number of aryl methyl sites for hydroxylation is 1. The molecular formula is C17H18ClN3O. The summed E-state index contributed by atoms with van der Waals surface area (Å²) in [5, 5.41) is 9.78. The Morgan fingerprint density at radius 3 is 2.41 bits per heavy atom. The SMILES string of the molecule is Cc1cc(Cl)ccc1Nc1ccc(NC(=O)NC2CC2)cc1. The van der Waals surface area contributed by atoms with Gasteiger partial charge in [0.15, 0.2) is 0 Å². The van der Waals surface area contributed by atoms with Crippen molar-refractivity contribution in [1.82, 2.24) is 5.32 Å². The molecule has 22 heavy (non-hydrogen) atoms. The molecule has 0 aliphatic heterocycles. The van der Waals surface area contributed by atoms with Gasteiger partial charge in [-0.05, 0) is 67.8 Å². The zero-order valence-corrected chi connectivity index (χ0v) is 13.1. The number of hydrogen-bond donors (Lipinski definition) is 3. The average molecular weight is 316 g/mol. The van der Waals surface area contributed by atoms with E-state index in [-0.39, 0.29) is 6.03 Å². The Kier molecular flexibility index (Phi) is 4.20. The van der Waals surface area contributed by atoms with Crippen LogP contribution in [0.3, 0.4) is 0 Å². The van der Waals surface area contributed by atoms with Crippen LogP contribution in [-0.4, -0.2) is 12.1 Å². The maximum atomic E-state index is 11.7. The second kappa shape index (κ2) is 6.28. The molecule has 1 aliphatic carbocycles. The molecule has 0 spiro atoms. The van der Waals surface area contributed by atoms with Gasteiger partial charge < -0.3 is 16.0 Å². The van der Waals surface area contributed by atoms with Gasteiger partial charge in [0.05, 0.1) is 0 Å².